The second-order valence-corrected chi connectivity index (χ2v) is 5.49. The first-order chi connectivity index (χ1) is 11.9. The Morgan fingerprint density at radius 1 is 1.08 bits per heavy atom. The average molecular weight is 352 g/mol. The van der Waals surface area contributed by atoms with Crippen molar-refractivity contribution < 1.29 is 22.7 Å². The van der Waals surface area contributed by atoms with Gasteiger partial charge >= 0.3 is 12.6 Å². The van der Waals surface area contributed by atoms with E-state index in [9.17, 15) is 18.0 Å². The van der Waals surface area contributed by atoms with Gasteiger partial charge in [-0.15, -0.1) is 0 Å². The lowest BCUT2D eigenvalue weighted by Gasteiger charge is -2.18. The number of carbonyl (C=O) groups is 1. The number of ether oxygens (including phenoxy) is 1. The summed E-state index contributed by atoms with van der Waals surface area (Å²) in [4.78, 5) is 13.5. The van der Waals surface area contributed by atoms with E-state index in [4.69, 9.17) is 0 Å². The molecule has 2 aromatic rings. The molecule has 7 heteroatoms. The van der Waals surface area contributed by atoms with Gasteiger partial charge in [-0.2, -0.15) is 8.78 Å². The quantitative estimate of drug-likeness (QED) is 0.823. The van der Waals surface area contributed by atoms with E-state index in [0.717, 1.165) is 11.1 Å². The van der Waals surface area contributed by atoms with Crippen LogP contribution in [0.4, 0.5) is 18.0 Å². The van der Waals surface area contributed by atoms with E-state index < -0.39 is 6.61 Å². The molecule has 0 aliphatic rings. The Labute approximate surface area is 144 Å². The molecule has 1 N–H and O–H groups in total. The molecule has 0 saturated carbocycles. The van der Waals surface area contributed by atoms with Crippen LogP contribution in [0.2, 0.25) is 0 Å². The Bertz CT molecular complexity index is 676. The van der Waals surface area contributed by atoms with Gasteiger partial charge in [-0.05, 0) is 41.8 Å². The molecule has 0 radical (unpaired) electrons. The summed E-state index contributed by atoms with van der Waals surface area (Å²) in [6.45, 7) is -2.07. The van der Waals surface area contributed by atoms with E-state index in [1.165, 1.54) is 29.2 Å². The molecule has 2 aromatic carbocycles. The van der Waals surface area contributed by atoms with Gasteiger partial charge in [0.1, 0.15) is 11.6 Å². The molecule has 0 bridgehead atoms. The number of nitrogens with one attached hydrogen (secondary N) is 1. The largest absolute Gasteiger partial charge is 0.435 e. The Balaban J connectivity index is 1.74. The Kier molecular flexibility index (Phi) is 6.68. The summed E-state index contributed by atoms with van der Waals surface area (Å²) in [6, 6.07) is 12.0. The van der Waals surface area contributed by atoms with Crippen molar-refractivity contribution in [2.75, 3.05) is 13.6 Å². The van der Waals surface area contributed by atoms with Gasteiger partial charge in [0.25, 0.3) is 0 Å². The van der Waals surface area contributed by atoms with Crippen LogP contribution in [0.25, 0.3) is 0 Å². The first-order valence-electron chi connectivity index (χ1n) is 7.71. The van der Waals surface area contributed by atoms with Crippen LogP contribution in [0.1, 0.15) is 11.1 Å². The molecule has 0 aliphatic carbocycles. The number of benzene rings is 2. The number of carbonyl (C=O) groups excluding carboxylic acids is 1. The van der Waals surface area contributed by atoms with Crippen molar-refractivity contribution in [2.45, 2.75) is 19.6 Å². The van der Waals surface area contributed by atoms with E-state index >= 15 is 0 Å². The molecule has 0 atom stereocenters. The van der Waals surface area contributed by atoms with Crippen molar-refractivity contribution in [3.8, 4) is 5.75 Å². The monoisotopic (exact) mass is 352 g/mol. The zero-order chi connectivity index (χ0) is 18.2. The van der Waals surface area contributed by atoms with Crippen LogP contribution in [0, 0.1) is 5.82 Å². The molecule has 2 rings (SSSR count). The first kappa shape index (κ1) is 18.6. The predicted octanol–water partition coefficient (Wildman–Crippen LogP) is 3.81. The van der Waals surface area contributed by atoms with Gasteiger partial charge in [0.2, 0.25) is 0 Å². The van der Waals surface area contributed by atoms with Gasteiger partial charge < -0.3 is 15.0 Å². The van der Waals surface area contributed by atoms with E-state index in [1.54, 1.807) is 31.3 Å². The maximum Gasteiger partial charge on any atom is 0.387 e. The molecule has 134 valence electrons. The number of hydrogen-bond acceptors (Lipinski definition) is 2. The maximum atomic E-state index is 12.9. The molecular weight excluding hydrogens is 333 g/mol. The molecule has 0 heterocycles. The highest BCUT2D eigenvalue weighted by molar-refractivity contribution is 5.73. The summed E-state index contributed by atoms with van der Waals surface area (Å²) in [5.41, 5.74) is 1.72. The summed E-state index contributed by atoms with van der Waals surface area (Å²) in [7, 11) is 1.65. The molecule has 0 fully saturated rings. The molecule has 4 nitrogen and oxygen atoms in total. The molecule has 0 spiro atoms. The Morgan fingerprint density at radius 2 is 1.68 bits per heavy atom. The molecular formula is C18H19F3N2O2. The molecule has 25 heavy (non-hydrogen) atoms. The maximum absolute atomic E-state index is 12.9. The molecule has 0 aliphatic heterocycles. The van der Waals surface area contributed by atoms with Crippen molar-refractivity contribution in [2.24, 2.45) is 0 Å². The summed E-state index contributed by atoms with van der Waals surface area (Å²) in [5.74, 6) is -0.220. The lowest BCUT2D eigenvalue weighted by molar-refractivity contribution is -0.0498. The van der Waals surface area contributed by atoms with Crippen molar-refractivity contribution in [3.63, 3.8) is 0 Å². The van der Waals surface area contributed by atoms with E-state index in [1.807, 2.05) is 0 Å². The third kappa shape index (κ3) is 6.37. The van der Waals surface area contributed by atoms with Gasteiger partial charge in [-0.3, -0.25) is 0 Å². The minimum atomic E-state index is -2.85. The van der Waals surface area contributed by atoms with Gasteiger partial charge in [-0.1, -0.05) is 24.3 Å². The van der Waals surface area contributed by atoms with E-state index in [-0.39, 0.29) is 17.6 Å². The standard InChI is InChI=1S/C18H19F3N2O2/c1-23(12-14-2-6-15(19)7-3-14)18(24)22-11-10-13-4-8-16(9-5-13)25-17(20)21/h2-9,17H,10-12H2,1H3,(H,22,24). The normalized spacial score (nSPS) is 10.6. The summed E-state index contributed by atoms with van der Waals surface area (Å²) in [5, 5.41) is 2.77. The second kappa shape index (κ2) is 8.96. The van der Waals surface area contributed by atoms with Crippen molar-refractivity contribution >= 4 is 6.03 Å². The predicted molar refractivity (Wildman–Crippen MR) is 88.0 cm³/mol. The van der Waals surface area contributed by atoms with Crippen LogP contribution in [-0.2, 0) is 13.0 Å². The highest BCUT2D eigenvalue weighted by atomic mass is 19.3. The smallest absolute Gasteiger partial charge is 0.387 e. The van der Waals surface area contributed by atoms with Crippen LogP contribution in [0.15, 0.2) is 48.5 Å². The number of nitrogens with zero attached hydrogens (tertiary/aromatic N) is 1. The summed E-state index contributed by atoms with van der Waals surface area (Å²) >= 11 is 0. The number of halogens is 3. The van der Waals surface area contributed by atoms with Crippen LogP contribution < -0.4 is 10.1 Å². The zero-order valence-corrected chi connectivity index (χ0v) is 13.7. The Morgan fingerprint density at radius 3 is 2.28 bits per heavy atom. The minimum absolute atomic E-state index is 0.0989. The van der Waals surface area contributed by atoms with Crippen molar-refractivity contribution in [3.05, 3.63) is 65.5 Å². The van der Waals surface area contributed by atoms with Crippen molar-refractivity contribution in [1.82, 2.24) is 10.2 Å². The van der Waals surface area contributed by atoms with Crippen LogP contribution in [0.3, 0.4) is 0 Å². The fourth-order valence-electron chi connectivity index (χ4n) is 2.22. The molecule has 0 aromatic heterocycles. The van der Waals surface area contributed by atoms with Crippen molar-refractivity contribution in [1.29, 1.82) is 0 Å². The third-order valence-electron chi connectivity index (χ3n) is 3.52. The number of amides is 2. The van der Waals surface area contributed by atoms with Crippen LogP contribution in [0.5, 0.6) is 5.75 Å². The van der Waals surface area contributed by atoms with Crippen LogP contribution in [-0.4, -0.2) is 31.1 Å². The van der Waals surface area contributed by atoms with E-state index in [0.29, 0.717) is 19.5 Å². The van der Waals surface area contributed by atoms with Gasteiger partial charge in [0.15, 0.2) is 0 Å². The lowest BCUT2D eigenvalue weighted by atomic mass is 10.1. The lowest BCUT2D eigenvalue weighted by Crippen LogP contribution is -2.37. The molecule has 0 saturated heterocycles. The first-order valence-corrected chi connectivity index (χ1v) is 7.71. The van der Waals surface area contributed by atoms with E-state index in [2.05, 4.69) is 10.1 Å². The number of rotatable bonds is 7. The molecule has 0 unspecified atom stereocenters. The topological polar surface area (TPSA) is 41.6 Å². The highest BCUT2D eigenvalue weighted by Crippen LogP contribution is 2.15. The highest BCUT2D eigenvalue weighted by Gasteiger charge is 2.09. The zero-order valence-electron chi connectivity index (χ0n) is 13.7. The summed E-state index contributed by atoms with van der Waals surface area (Å²) in [6.07, 6.45) is 0.561. The van der Waals surface area contributed by atoms with Gasteiger partial charge in [0, 0.05) is 20.1 Å². The van der Waals surface area contributed by atoms with Gasteiger partial charge in [-0.25, -0.2) is 9.18 Å². The fraction of sp³-hybridized carbons (Fsp3) is 0.278. The SMILES string of the molecule is CN(Cc1ccc(F)cc1)C(=O)NCCc1ccc(OC(F)F)cc1. The Hall–Kier alpha value is -2.70. The molecule has 2 amide bonds. The van der Waals surface area contributed by atoms with Crippen LogP contribution >= 0.6 is 0 Å². The summed E-state index contributed by atoms with van der Waals surface area (Å²) < 4.78 is 41.3. The second-order valence-electron chi connectivity index (χ2n) is 5.49. The third-order valence-corrected chi connectivity index (χ3v) is 3.52. The average Bonchev–Trinajstić information content (AvgIpc) is 2.58. The number of urea groups is 1. The number of hydrogen-bond donors (Lipinski definition) is 1. The van der Waals surface area contributed by atoms with Gasteiger partial charge in [0.05, 0.1) is 0 Å². The number of alkyl halides is 2. The fourth-order valence-corrected chi connectivity index (χ4v) is 2.22. The minimum Gasteiger partial charge on any atom is -0.435 e.